The highest BCUT2D eigenvalue weighted by molar-refractivity contribution is 5.96. The predicted octanol–water partition coefficient (Wildman–Crippen LogP) is 4.84. The van der Waals surface area contributed by atoms with E-state index in [1.807, 2.05) is 13.8 Å². The Hall–Kier alpha value is -3.00. The lowest BCUT2D eigenvalue weighted by molar-refractivity contribution is 0.0916. The third-order valence-corrected chi connectivity index (χ3v) is 4.85. The molecular weight excluding hydrogens is 407 g/mol. The molecule has 0 spiro atoms. The number of para-hydroxylation sites is 1. The van der Waals surface area contributed by atoms with E-state index in [1.165, 1.54) is 18.3 Å². The number of hydrogen-bond acceptors (Lipinski definition) is 4. The zero-order valence-electron chi connectivity index (χ0n) is 17.4. The van der Waals surface area contributed by atoms with Gasteiger partial charge in [-0.05, 0) is 56.0 Å². The lowest BCUT2D eigenvalue weighted by Crippen LogP contribution is -2.34. The lowest BCUT2D eigenvalue weighted by Gasteiger charge is -2.15. The molecule has 1 N–H and O–H groups in total. The van der Waals surface area contributed by atoms with Gasteiger partial charge in [-0.15, -0.1) is 0 Å². The number of nitrogens with zero attached hydrogens (tertiary/aromatic N) is 2. The van der Waals surface area contributed by atoms with Crippen molar-refractivity contribution in [3.63, 3.8) is 0 Å². The molecule has 1 aromatic carbocycles. The first-order valence-electron chi connectivity index (χ1n) is 10.1. The van der Waals surface area contributed by atoms with Crippen molar-refractivity contribution in [2.75, 3.05) is 13.2 Å². The Kier molecular flexibility index (Phi) is 7.57. The zero-order chi connectivity index (χ0) is 22.4. The first-order valence-corrected chi connectivity index (χ1v) is 10.1. The van der Waals surface area contributed by atoms with Crippen LogP contribution in [-0.2, 0) is 11.2 Å². The Bertz CT molecular complexity index is 1040. The number of fused-ring (bicyclic) bond motifs is 1. The summed E-state index contributed by atoms with van der Waals surface area (Å²) in [5.74, 6) is -0.953. The van der Waals surface area contributed by atoms with Crippen molar-refractivity contribution >= 4 is 16.8 Å². The normalized spacial score (nSPS) is 12.3. The average Bonchev–Trinajstić information content (AvgIpc) is 2.74. The smallest absolute Gasteiger partial charge is 0.280 e. The molecule has 0 unspecified atom stereocenters. The van der Waals surface area contributed by atoms with Gasteiger partial charge in [-0.2, -0.15) is 0 Å². The molecule has 2 heterocycles. The summed E-state index contributed by atoms with van der Waals surface area (Å²) >= 11 is 0. The molecule has 0 saturated carbocycles. The molecule has 0 aliphatic heterocycles. The van der Waals surface area contributed by atoms with Gasteiger partial charge in [0.25, 0.3) is 12.3 Å². The maximum absolute atomic E-state index is 14.5. The van der Waals surface area contributed by atoms with Crippen LogP contribution in [0.25, 0.3) is 10.9 Å². The topological polar surface area (TPSA) is 64.1 Å². The van der Waals surface area contributed by atoms with Crippen molar-refractivity contribution in [3.05, 3.63) is 70.9 Å². The van der Waals surface area contributed by atoms with Crippen LogP contribution in [0.4, 0.5) is 13.2 Å². The third kappa shape index (κ3) is 5.79. The molecule has 0 fully saturated rings. The standard InChI is InChI=1S/C23H24F3N3O2/c1-3-31-10-9-14(2)28-23(30)20-12-16(17-5-4-6-18(24)21(17)29-20)11-15-7-8-19(22(25)26)27-13-15/h4-8,12-14,22H,3,9-11H2,1-2H3,(H,28,30)/t14-/m0/s1. The van der Waals surface area contributed by atoms with E-state index in [4.69, 9.17) is 4.74 Å². The molecule has 1 atom stereocenters. The Morgan fingerprint density at radius 2 is 2.03 bits per heavy atom. The highest BCUT2D eigenvalue weighted by Gasteiger charge is 2.17. The van der Waals surface area contributed by atoms with E-state index < -0.39 is 18.1 Å². The van der Waals surface area contributed by atoms with E-state index in [1.54, 1.807) is 24.3 Å². The number of ether oxygens (including phenoxy) is 1. The van der Waals surface area contributed by atoms with Crippen LogP contribution in [0.1, 0.15) is 54.0 Å². The summed E-state index contributed by atoms with van der Waals surface area (Å²) in [5, 5.41) is 3.41. The van der Waals surface area contributed by atoms with E-state index in [-0.39, 0.29) is 22.9 Å². The van der Waals surface area contributed by atoms with E-state index in [0.29, 0.717) is 42.6 Å². The average molecular weight is 431 g/mol. The minimum atomic E-state index is -2.65. The molecule has 3 aromatic rings. The number of carbonyl (C=O) groups is 1. The fourth-order valence-electron chi connectivity index (χ4n) is 3.21. The second-order valence-corrected chi connectivity index (χ2v) is 7.23. The minimum Gasteiger partial charge on any atom is -0.382 e. The third-order valence-electron chi connectivity index (χ3n) is 4.85. The zero-order valence-corrected chi connectivity index (χ0v) is 17.4. The van der Waals surface area contributed by atoms with Crippen LogP contribution in [0.15, 0.2) is 42.6 Å². The number of hydrogen-bond donors (Lipinski definition) is 1. The Morgan fingerprint density at radius 1 is 1.23 bits per heavy atom. The molecule has 8 heteroatoms. The van der Waals surface area contributed by atoms with Crippen molar-refractivity contribution in [1.29, 1.82) is 0 Å². The molecule has 31 heavy (non-hydrogen) atoms. The monoisotopic (exact) mass is 431 g/mol. The van der Waals surface area contributed by atoms with Gasteiger partial charge in [0, 0.05) is 30.8 Å². The van der Waals surface area contributed by atoms with E-state index in [2.05, 4.69) is 15.3 Å². The summed E-state index contributed by atoms with van der Waals surface area (Å²) in [6.07, 6.45) is -0.358. The maximum atomic E-state index is 14.5. The molecule has 0 saturated heterocycles. The Morgan fingerprint density at radius 3 is 2.71 bits per heavy atom. The first-order chi connectivity index (χ1) is 14.9. The molecule has 2 aromatic heterocycles. The van der Waals surface area contributed by atoms with Gasteiger partial charge in [0.2, 0.25) is 0 Å². The SMILES string of the molecule is CCOCC[C@H](C)NC(=O)c1cc(Cc2ccc(C(F)F)nc2)c2cccc(F)c2n1. The van der Waals surface area contributed by atoms with E-state index in [9.17, 15) is 18.0 Å². The number of pyridine rings is 2. The van der Waals surface area contributed by atoms with Crippen molar-refractivity contribution < 1.29 is 22.7 Å². The Balaban J connectivity index is 1.89. The van der Waals surface area contributed by atoms with Gasteiger partial charge in [-0.3, -0.25) is 9.78 Å². The van der Waals surface area contributed by atoms with Gasteiger partial charge in [-0.1, -0.05) is 18.2 Å². The second kappa shape index (κ2) is 10.3. The van der Waals surface area contributed by atoms with Gasteiger partial charge >= 0.3 is 0 Å². The number of nitrogens with one attached hydrogen (secondary N) is 1. The summed E-state index contributed by atoms with van der Waals surface area (Å²) in [5.41, 5.74) is 1.19. The van der Waals surface area contributed by atoms with Crippen LogP contribution in [0, 0.1) is 5.82 Å². The van der Waals surface area contributed by atoms with Crippen LogP contribution in [-0.4, -0.2) is 35.1 Å². The van der Waals surface area contributed by atoms with Crippen molar-refractivity contribution in [1.82, 2.24) is 15.3 Å². The van der Waals surface area contributed by atoms with E-state index >= 15 is 0 Å². The molecule has 0 radical (unpaired) electrons. The molecule has 0 bridgehead atoms. The number of alkyl halides is 2. The highest BCUT2D eigenvalue weighted by Crippen LogP contribution is 2.24. The fraction of sp³-hybridized carbons (Fsp3) is 0.348. The highest BCUT2D eigenvalue weighted by atomic mass is 19.3. The van der Waals surface area contributed by atoms with Gasteiger partial charge in [0.1, 0.15) is 22.7 Å². The van der Waals surface area contributed by atoms with Crippen molar-refractivity contribution in [2.24, 2.45) is 0 Å². The quantitative estimate of drug-likeness (QED) is 0.493. The molecule has 0 aliphatic rings. The Labute approximate surface area is 178 Å². The van der Waals surface area contributed by atoms with Crippen LogP contribution in [0.3, 0.4) is 0 Å². The number of carbonyl (C=O) groups excluding carboxylic acids is 1. The molecule has 5 nitrogen and oxygen atoms in total. The van der Waals surface area contributed by atoms with Crippen LogP contribution >= 0.6 is 0 Å². The van der Waals surface area contributed by atoms with E-state index in [0.717, 1.165) is 0 Å². The first kappa shape index (κ1) is 22.7. The summed E-state index contributed by atoms with van der Waals surface area (Å²) in [4.78, 5) is 20.7. The number of rotatable bonds is 9. The predicted molar refractivity (Wildman–Crippen MR) is 112 cm³/mol. The van der Waals surface area contributed by atoms with Crippen molar-refractivity contribution in [2.45, 2.75) is 39.2 Å². The largest absolute Gasteiger partial charge is 0.382 e. The number of amides is 1. The fourth-order valence-corrected chi connectivity index (χ4v) is 3.21. The van der Waals surface area contributed by atoms with Crippen LogP contribution in [0.5, 0.6) is 0 Å². The number of halogens is 3. The molecule has 164 valence electrons. The molecule has 0 aliphatic carbocycles. The van der Waals surface area contributed by atoms with Gasteiger partial charge in [0.05, 0.1) is 0 Å². The second-order valence-electron chi connectivity index (χ2n) is 7.23. The summed E-state index contributed by atoms with van der Waals surface area (Å²) in [7, 11) is 0. The summed E-state index contributed by atoms with van der Waals surface area (Å²) in [6, 6.07) is 8.84. The molecule has 1 amide bonds. The molecular formula is C23H24F3N3O2. The van der Waals surface area contributed by atoms with Crippen molar-refractivity contribution in [3.8, 4) is 0 Å². The maximum Gasteiger partial charge on any atom is 0.280 e. The van der Waals surface area contributed by atoms with Crippen LogP contribution in [0.2, 0.25) is 0 Å². The summed E-state index contributed by atoms with van der Waals surface area (Å²) < 4.78 is 45.3. The number of benzene rings is 1. The van der Waals surface area contributed by atoms with Gasteiger partial charge in [-0.25, -0.2) is 18.2 Å². The lowest BCUT2D eigenvalue weighted by atomic mass is 10.0. The van der Waals surface area contributed by atoms with Crippen LogP contribution < -0.4 is 5.32 Å². The minimum absolute atomic E-state index is 0.0873. The van der Waals surface area contributed by atoms with Gasteiger partial charge < -0.3 is 10.1 Å². The van der Waals surface area contributed by atoms with Gasteiger partial charge in [0.15, 0.2) is 0 Å². The molecule has 3 rings (SSSR count). The number of aromatic nitrogens is 2. The summed E-state index contributed by atoms with van der Waals surface area (Å²) in [6.45, 7) is 4.87.